The third-order valence-corrected chi connectivity index (χ3v) is 3.79. The normalized spacial score (nSPS) is 10.9. The first-order valence-electron chi connectivity index (χ1n) is 8.15. The van der Waals surface area contributed by atoms with Gasteiger partial charge >= 0.3 is 6.61 Å². The average molecular weight is 390 g/mol. The Bertz CT molecular complexity index is 1020. The number of pyridine rings is 1. The van der Waals surface area contributed by atoms with Crippen molar-refractivity contribution in [1.29, 1.82) is 0 Å². The van der Waals surface area contributed by atoms with Crippen molar-refractivity contribution in [3.05, 3.63) is 58.8 Å². The quantitative estimate of drug-likeness (QED) is 0.644. The van der Waals surface area contributed by atoms with E-state index in [1.165, 1.54) is 30.5 Å². The van der Waals surface area contributed by atoms with Gasteiger partial charge in [0.2, 0.25) is 11.8 Å². The Labute approximate surface area is 157 Å². The number of halogens is 2. The molecule has 0 saturated heterocycles. The molecule has 28 heavy (non-hydrogen) atoms. The maximum absolute atomic E-state index is 12.2. The molecule has 0 saturated carbocycles. The number of ether oxygens (including phenoxy) is 1. The first-order chi connectivity index (χ1) is 13.4. The van der Waals surface area contributed by atoms with Gasteiger partial charge in [0.25, 0.3) is 5.56 Å². The number of carbonyl (C=O) groups is 1. The molecule has 0 bridgehead atoms. The summed E-state index contributed by atoms with van der Waals surface area (Å²) in [6.07, 6.45) is 2.90. The highest BCUT2D eigenvalue weighted by atomic mass is 19.3. The molecule has 3 heterocycles. The number of aromatic nitrogens is 5. The van der Waals surface area contributed by atoms with Gasteiger partial charge in [-0.25, -0.2) is 9.67 Å². The number of amides is 1. The first kappa shape index (κ1) is 19.1. The molecule has 11 heteroatoms. The number of aryl methyl sites for hydroxylation is 1. The molecule has 1 amide bonds. The van der Waals surface area contributed by atoms with Crippen LogP contribution in [0.4, 0.5) is 8.78 Å². The minimum absolute atomic E-state index is 0.235. The lowest BCUT2D eigenvalue weighted by molar-refractivity contribution is -0.122. The van der Waals surface area contributed by atoms with Crippen molar-refractivity contribution >= 4 is 5.91 Å². The van der Waals surface area contributed by atoms with Gasteiger partial charge < -0.3 is 10.1 Å². The number of hydrogen-bond donors (Lipinski definition) is 1. The van der Waals surface area contributed by atoms with Crippen LogP contribution < -0.4 is 15.6 Å². The van der Waals surface area contributed by atoms with E-state index in [0.717, 1.165) is 10.4 Å². The second-order valence-electron chi connectivity index (χ2n) is 5.70. The number of rotatable bonds is 7. The molecule has 0 aliphatic carbocycles. The molecule has 1 N–H and O–H groups in total. The van der Waals surface area contributed by atoms with E-state index in [2.05, 4.69) is 25.2 Å². The van der Waals surface area contributed by atoms with E-state index >= 15 is 0 Å². The maximum atomic E-state index is 12.2. The Morgan fingerprint density at radius 2 is 2.07 bits per heavy atom. The summed E-state index contributed by atoms with van der Waals surface area (Å²) in [4.78, 5) is 27.9. The fourth-order valence-electron chi connectivity index (χ4n) is 2.36. The fraction of sp³-hybridized carbons (Fsp3) is 0.235. The summed E-state index contributed by atoms with van der Waals surface area (Å²) >= 11 is 0. The summed E-state index contributed by atoms with van der Waals surface area (Å²) in [7, 11) is 1.75. The van der Waals surface area contributed by atoms with Crippen molar-refractivity contribution in [3.63, 3.8) is 0 Å². The molecule has 0 radical (unpaired) electrons. The Hall–Kier alpha value is -3.63. The molecule has 0 spiro atoms. The third kappa shape index (κ3) is 4.75. The van der Waals surface area contributed by atoms with E-state index in [4.69, 9.17) is 0 Å². The van der Waals surface area contributed by atoms with E-state index in [1.54, 1.807) is 24.0 Å². The maximum Gasteiger partial charge on any atom is 0.388 e. The Morgan fingerprint density at radius 1 is 1.25 bits per heavy atom. The van der Waals surface area contributed by atoms with Gasteiger partial charge in [-0.2, -0.15) is 19.0 Å². The summed E-state index contributed by atoms with van der Waals surface area (Å²) in [5.74, 6) is -0.631. The lowest BCUT2D eigenvalue weighted by atomic mass is 10.2. The summed E-state index contributed by atoms with van der Waals surface area (Å²) in [6, 6.07) is 7.22. The Morgan fingerprint density at radius 3 is 2.71 bits per heavy atom. The monoisotopic (exact) mass is 390 g/mol. The second-order valence-corrected chi connectivity index (χ2v) is 5.70. The smallest absolute Gasteiger partial charge is 0.388 e. The van der Waals surface area contributed by atoms with Crippen LogP contribution in [0.3, 0.4) is 0 Å². The van der Waals surface area contributed by atoms with Gasteiger partial charge in [-0.15, -0.1) is 0 Å². The molecule has 0 unspecified atom stereocenters. The van der Waals surface area contributed by atoms with Crippen LogP contribution in [0.1, 0.15) is 5.69 Å². The van der Waals surface area contributed by atoms with Crippen LogP contribution in [0.2, 0.25) is 0 Å². The first-order valence-corrected chi connectivity index (χ1v) is 8.15. The Kier molecular flexibility index (Phi) is 5.72. The van der Waals surface area contributed by atoms with E-state index in [0.29, 0.717) is 11.3 Å². The molecule has 9 nitrogen and oxygen atoms in total. The van der Waals surface area contributed by atoms with Crippen LogP contribution >= 0.6 is 0 Å². The number of hydrogen-bond acceptors (Lipinski definition) is 6. The van der Waals surface area contributed by atoms with Crippen LogP contribution in [-0.4, -0.2) is 37.1 Å². The molecule has 3 aromatic rings. The van der Waals surface area contributed by atoms with Gasteiger partial charge in [-0.05, 0) is 18.2 Å². The molecule has 0 aliphatic rings. The third-order valence-electron chi connectivity index (χ3n) is 3.79. The van der Waals surface area contributed by atoms with Gasteiger partial charge in [-0.1, -0.05) is 0 Å². The molecule has 3 rings (SSSR count). The summed E-state index contributed by atoms with van der Waals surface area (Å²) in [5.41, 5.74) is 1.19. The largest absolute Gasteiger partial charge is 0.417 e. The van der Waals surface area contributed by atoms with Gasteiger partial charge in [0.15, 0.2) is 0 Å². The second kappa shape index (κ2) is 8.37. The molecule has 0 atom stereocenters. The van der Waals surface area contributed by atoms with E-state index < -0.39 is 18.1 Å². The zero-order chi connectivity index (χ0) is 20.1. The van der Waals surface area contributed by atoms with Crippen molar-refractivity contribution in [3.8, 4) is 17.1 Å². The highest BCUT2D eigenvalue weighted by Gasteiger charge is 2.10. The molecule has 0 fully saturated rings. The number of alkyl halides is 2. The van der Waals surface area contributed by atoms with E-state index in [-0.39, 0.29) is 19.0 Å². The molecule has 146 valence electrons. The minimum Gasteiger partial charge on any atom is -0.417 e. The van der Waals surface area contributed by atoms with Crippen molar-refractivity contribution in [1.82, 2.24) is 29.9 Å². The summed E-state index contributed by atoms with van der Waals surface area (Å²) in [6.45, 7) is -2.98. The summed E-state index contributed by atoms with van der Waals surface area (Å²) < 4.78 is 31.2. The molecule has 0 aliphatic heterocycles. The van der Waals surface area contributed by atoms with Gasteiger partial charge in [0.1, 0.15) is 6.54 Å². The predicted octanol–water partition coefficient (Wildman–Crippen LogP) is 0.957. The SMILES string of the molecule is Cn1nccc1CNC(=O)Cn1nc(-c2ccc(OC(F)F)nc2)ccc1=O. The predicted molar refractivity (Wildman–Crippen MR) is 93.4 cm³/mol. The lowest BCUT2D eigenvalue weighted by Crippen LogP contribution is -2.33. The zero-order valence-electron chi connectivity index (χ0n) is 14.7. The minimum atomic E-state index is -2.97. The van der Waals surface area contributed by atoms with Crippen molar-refractivity contribution in [2.24, 2.45) is 7.05 Å². The van der Waals surface area contributed by atoms with Crippen LogP contribution in [0.25, 0.3) is 11.3 Å². The Balaban J connectivity index is 1.69. The molecular weight excluding hydrogens is 374 g/mol. The highest BCUT2D eigenvalue weighted by molar-refractivity contribution is 5.75. The number of nitrogens with zero attached hydrogens (tertiary/aromatic N) is 5. The van der Waals surface area contributed by atoms with Gasteiger partial charge in [0, 0.05) is 37.1 Å². The van der Waals surface area contributed by atoms with E-state index in [1.807, 2.05) is 0 Å². The van der Waals surface area contributed by atoms with Crippen molar-refractivity contribution < 1.29 is 18.3 Å². The zero-order valence-corrected chi connectivity index (χ0v) is 14.7. The molecule has 3 aromatic heterocycles. The van der Waals surface area contributed by atoms with Crippen LogP contribution in [0.5, 0.6) is 5.88 Å². The molecule has 0 aromatic carbocycles. The average Bonchev–Trinajstić information content (AvgIpc) is 3.07. The van der Waals surface area contributed by atoms with Crippen LogP contribution in [0.15, 0.2) is 47.5 Å². The lowest BCUT2D eigenvalue weighted by Gasteiger charge is -2.09. The van der Waals surface area contributed by atoms with Crippen molar-refractivity contribution in [2.75, 3.05) is 0 Å². The molecular formula is C17H16F2N6O3. The summed E-state index contributed by atoms with van der Waals surface area (Å²) in [5, 5.41) is 10.8. The number of nitrogens with one attached hydrogen (secondary N) is 1. The van der Waals surface area contributed by atoms with E-state index in [9.17, 15) is 18.4 Å². The standard InChI is InChI=1S/C17H16F2N6O3/c1-24-12(6-7-22-24)9-20-14(26)10-25-16(27)5-3-13(23-25)11-2-4-15(21-8-11)28-17(18)19/h2-8,17H,9-10H2,1H3,(H,20,26). The highest BCUT2D eigenvalue weighted by Crippen LogP contribution is 2.18. The van der Waals surface area contributed by atoms with Gasteiger partial charge in [0.05, 0.1) is 17.9 Å². The van der Waals surface area contributed by atoms with Crippen molar-refractivity contribution in [2.45, 2.75) is 19.7 Å². The topological polar surface area (TPSA) is 104 Å². The van der Waals surface area contributed by atoms with Crippen LogP contribution in [-0.2, 0) is 24.9 Å². The van der Waals surface area contributed by atoms with Crippen LogP contribution in [0, 0.1) is 0 Å². The fourth-order valence-corrected chi connectivity index (χ4v) is 2.36. The number of carbonyl (C=O) groups excluding carboxylic acids is 1. The van der Waals surface area contributed by atoms with Gasteiger partial charge in [-0.3, -0.25) is 14.3 Å².